The van der Waals surface area contributed by atoms with Crippen LogP contribution >= 0.6 is 0 Å². The minimum absolute atomic E-state index is 0.0917. The molecule has 0 fully saturated rings. The monoisotopic (exact) mass is 246 g/mol. The SMILES string of the molecule is CC(C)(C)[Si](C)(C)O[C@H]1C=CO[C@@H]1C(O)O. The summed E-state index contributed by atoms with van der Waals surface area (Å²) in [5.41, 5.74) is 0. The molecule has 1 rings (SSSR count). The van der Waals surface area contributed by atoms with Crippen LogP contribution in [0.15, 0.2) is 12.3 Å². The van der Waals surface area contributed by atoms with Crippen LogP contribution in [0.1, 0.15) is 20.8 Å². The van der Waals surface area contributed by atoms with E-state index in [0.29, 0.717) is 0 Å². The molecular formula is C11H22O4Si. The van der Waals surface area contributed by atoms with Gasteiger partial charge in [-0.25, -0.2) is 0 Å². The van der Waals surface area contributed by atoms with Gasteiger partial charge in [-0.1, -0.05) is 20.8 Å². The summed E-state index contributed by atoms with van der Waals surface area (Å²) in [5.74, 6) is 0. The van der Waals surface area contributed by atoms with E-state index in [4.69, 9.17) is 19.4 Å². The Labute approximate surface area is 98.0 Å². The van der Waals surface area contributed by atoms with Crippen LogP contribution in [-0.4, -0.2) is 37.0 Å². The average molecular weight is 246 g/mol. The highest BCUT2D eigenvalue weighted by Gasteiger charge is 2.42. The van der Waals surface area contributed by atoms with Gasteiger partial charge in [-0.05, 0) is 24.2 Å². The number of aliphatic hydroxyl groups excluding tert-OH is 1. The second kappa shape index (κ2) is 4.48. The Kier molecular flexibility index (Phi) is 3.84. The van der Waals surface area contributed by atoms with Crippen molar-refractivity contribution < 1.29 is 19.4 Å². The molecule has 0 spiro atoms. The van der Waals surface area contributed by atoms with E-state index >= 15 is 0 Å². The molecule has 0 aromatic heterocycles. The molecule has 1 heterocycles. The molecule has 4 nitrogen and oxygen atoms in total. The molecule has 5 heteroatoms. The van der Waals surface area contributed by atoms with Crippen molar-refractivity contribution >= 4 is 8.32 Å². The molecule has 0 saturated heterocycles. The van der Waals surface area contributed by atoms with Gasteiger partial charge in [-0.2, -0.15) is 0 Å². The summed E-state index contributed by atoms with van der Waals surface area (Å²) in [4.78, 5) is 0. The molecule has 0 saturated carbocycles. The summed E-state index contributed by atoms with van der Waals surface area (Å²) in [6, 6.07) is 0. The van der Waals surface area contributed by atoms with Gasteiger partial charge in [0.1, 0.15) is 6.10 Å². The molecule has 1 aliphatic rings. The molecule has 0 amide bonds. The van der Waals surface area contributed by atoms with E-state index < -0.39 is 20.7 Å². The molecular weight excluding hydrogens is 224 g/mol. The van der Waals surface area contributed by atoms with E-state index in [-0.39, 0.29) is 11.1 Å². The third-order valence-corrected chi connectivity index (χ3v) is 7.83. The summed E-state index contributed by atoms with van der Waals surface area (Å²) in [6.45, 7) is 10.7. The van der Waals surface area contributed by atoms with Gasteiger partial charge in [0.15, 0.2) is 20.7 Å². The molecule has 0 aromatic carbocycles. The fourth-order valence-electron chi connectivity index (χ4n) is 1.26. The van der Waals surface area contributed by atoms with Crippen LogP contribution in [0.25, 0.3) is 0 Å². The van der Waals surface area contributed by atoms with Crippen molar-refractivity contribution in [1.29, 1.82) is 0 Å². The van der Waals surface area contributed by atoms with Gasteiger partial charge < -0.3 is 19.4 Å². The number of hydrogen-bond acceptors (Lipinski definition) is 4. The maximum absolute atomic E-state index is 9.15. The summed E-state index contributed by atoms with van der Waals surface area (Å²) in [5, 5.41) is 18.4. The molecule has 0 bridgehead atoms. The van der Waals surface area contributed by atoms with Crippen molar-refractivity contribution in [2.45, 2.75) is 57.4 Å². The highest BCUT2D eigenvalue weighted by Crippen LogP contribution is 2.38. The summed E-state index contributed by atoms with van der Waals surface area (Å²) in [6.07, 6.45) is 0.645. The molecule has 94 valence electrons. The average Bonchev–Trinajstić information content (AvgIpc) is 2.49. The lowest BCUT2D eigenvalue weighted by Crippen LogP contribution is -2.48. The lowest BCUT2D eigenvalue weighted by molar-refractivity contribution is -0.140. The first kappa shape index (κ1) is 13.7. The normalized spacial score (nSPS) is 26.2. The Morgan fingerprint density at radius 1 is 1.31 bits per heavy atom. The highest BCUT2D eigenvalue weighted by molar-refractivity contribution is 6.74. The standard InChI is InChI=1S/C11H22O4Si/c1-11(2,3)16(4,5)15-8-6-7-14-9(8)10(12)13/h6-10,12-13H,1-5H3/t8-,9-/m0/s1. The van der Waals surface area contributed by atoms with Crippen LogP contribution < -0.4 is 0 Å². The minimum atomic E-state index is -1.91. The predicted molar refractivity (Wildman–Crippen MR) is 64.3 cm³/mol. The quantitative estimate of drug-likeness (QED) is 0.586. The molecule has 1 aliphatic heterocycles. The first-order valence-electron chi connectivity index (χ1n) is 5.51. The maximum Gasteiger partial charge on any atom is 0.193 e. The van der Waals surface area contributed by atoms with Gasteiger partial charge in [0.2, 0.25) is 0 Å². The molecule has 0 unspecified atom stereocenters. The van der Waals surface area contributed by atoms with Crippen LogP contribution in [0.4, 0.5) is 0 Å². The van der Waals surface area contributed by atoms with Crippen molar-refractivity contribution in [2.75, 3.05) is 0 Å². The smallest absolute Gasteiger partial charge is 0.193 e. The van der Waals surface area contributed by atoms with Crippen LogP contribution in [-0.2, 0) is 9.16 Å². The van der Waals surface area contributed by atoms with Crippen molar-refractivity contribution in [3.63, 3.8) is 0 Å². The molecule has 16 heavy (non-hydrogen) atoms. The Morgan fingerprint density at radius 3 is 2.31 bits per heavy atom. The van der Waals surface area contributed by atoms with E-state index in [9.17, 15) is 0 Å². The fraction of sp³-hybridized carbons (Fsp3) is 0.818. The van der Waals surface area contributed by atoms with Gasteiger partial charge >= 0.3 is 0 Å². The minimum Gasteiger partial charge on any atom is -0.490 e. The highest BCUT2D eigenvalue weighted by atomic mass is 28.4. The van der Waals surface area contributed by atoms with Crippen molar-refractivity contribution in [3.8, 4) is 0 Å². The van der Waals surface area contributed by atoms with Crippen LogP contribution in [0, 0.1) is 0 Å². The summed E-state index contributed by atoms with van der Waals surface area (Å²) >= 11 is 0. The molecule has 2 N–H and O–H groups in total. The molecule has 0 aromatic rings. The number of ether oxygens (including phenoxy) is 1. The number of aliphatic hydroxyl groups is 2. The van der Waals surface area contributed by atoms with Crippen molar-refractivity contribution in [2.24, 2.45) is 0 Å². The summed E-state index contributed by atoms with van der Waals surface area (Å²) in [7, 11) is -1.91. The first-order chi connectivity index (χ1) is 7.15. The lowest BCUT2D eigenvalue weighted by Gasteiger charge is -2.39. The maximum atomic E-state index is 9.15. The second-order valence-corrected chi connectivity index (χ2v) is 10.4. The van der Waals surface area contributed by atoms with Gasteiger partial charge in [-0.3, -0.25) is 0 Å². The van der Waals surface area contributed by atoms with E-state index in [1.165, 1.54) is 6.26 Å². The van der Waals surface area contributed by atoms with Gasteiger partial charge in [-0.15, -0.1) is 0 Å². The van der Waals surface area contributed by atoms with E-state index in [1.807, 2.05) is 0 Å². The zero-order chi connectivity index (χ0) is 12.6. The molecule has 2 atom stereocenters. The Morgan fingerprint density at radius 2 is 1.88 bits per heavy atom. The topological polar surface area (TPSA) is 58.9 Å². The van der Waals surface area contributed by atoms with Crippen molar-refractivity contribution in [1.82, 2.24) is 0 Å². The van der Waals surface area contributed by atoms with Crippen LogP contribution in [0.5, 0.6) is 0 Å². The van der Waals surface area contributed by atoms with E-state index in [1.54, 1.807) is 6.08 Å². The third-order valence-electron chi connectivity index (χ3n) is 3.36. The number of rotatable bonds is 3. The molecule has 0 aliphatic carbocycles. The van der Waals surface area contributed by atoms with Crippen LogP contribution in [0.2, 0.25) is 18.1 Å². The lowest BCUT2D eigenvalue weighted by atomic mass is 10.2. The second-order valence-electron chi connectivity index (χ2n) is 5.69. The molecule has 0 radical (unpaired) electrons. The summed E-state index contributed by atoms with van der Waals surface area (Å²) < 4.78 is 11.1. The Balaban J connectivity index is 2.70. The van der Waals surface area contributed by atoms with Crippen LogP contribution in [0.3, 0.4) is 0 Å². The third kappa shape index (κ3) is 2.85. The largest absolute Gasteiger partial charge is 0.490 e. The van der Waals surface area contributed by atoms with E-state index in [0.717, 1.165) is 0 Å². The van der Waals surface area contributed by atoms with Crippen molar-refractivity contribution in [3.05, 3.63) is 12.3 Å². The first-order valence-corrected chi connectivity index (χ1v) is 8.42. The number of hydrogen-bond donors (Lipinski definition) is 2. The Hall–Kier alpha value is -0.363. The van der Waals surface area contributed by atoms with Gasteiger partial charge in [0.25, 0.3) is 0 Å². The Bertz CT molecular complexity index is 268. The van der Waals surface area contributed by atoms with Gasteiger partial charge in [0, 0.05) is 0 Å². The van der Waals surface area contributed by atoms with E-state index in [2.05, 4.69) is 33.9 Å². The zero-order valence-corrected chi connectivity index (χ0v) is 11.6. The zero-order valence-electron chi connectivity index (χ0n) is 10.6. The fourth-order valence-corrected chi connectivity index (χ4v) is 2.51. The van der Waals surface area contributed by atoms with Gasteiger partial charge in [0.05, 0.1) is 6.26 Å². The predicted octanol–water partition coefficient (Wildman–Crippen LogP) is 1.60.